The third kappa shape index (κ3) is 6.93. The molecule has 0 saturated heterocycles. The summed E-state index contributed by atoms with van der Waals surface area (Å²) in [4.78, 5) is 38.5. The number of anilines is 1. The number of likely N-dealkylation sites (N-methyl/N-ethyl adjacent to an activating group) is 2. The SMILES string of the molecule is Cc1cc(C)c(NC(=O)CN(C)CC(=O)NCC(=O)N(C)C)c(C)c1. The Hall–Kier alpha value is -2.41. The van der Waals surface area contributed by atoms with E-state index in [1.165, 1.54) is 4.90 Å². The van der Waals surface area contributed by atoms with Gasteiger partial charge in [0.1, 0.15) is 0 Å². The second-order valence-electron chi connectivity index (χ2n) is 6.56. The number of hydrogen-bond acceptors (Lipinski definition) is 4. The van der Waals surface area contributed by atoms with Crippen LogP contribution in [0.15, 0.2) is 12.1 Å². The van der Waals surface area contributed by atoms with Crippen LogP contribution < -0.4 is 10.6 Å². The van der Waals surface area contributed by atoms with Crippen molar-refractivity contribution in [1.82, 2.24) is 15.1 Å². The van der Waals surface area contributed by atoms with Gasteiger partial charge in [0.25, 0.3) is 0 Å². The smallest absolute Gasteiger partial charge is 0.241 e. The molecule has 1 aromatic rings. The summed E-state index contributed by atoms with van der Waals surface area (Å²) in [6, 6.07) is 4.03. The normalized spacial score (nSPS) is 10.5. The highest BCUT2D eigenvalue weighted by Gasteiger charge is 2.14. The largest absolute Gasteiger partial charge is 0.347 e. The number of nitrogens with zero attached hydrogens (tertiary/aromatic N) is 2. The summed E-state index contributed by atoms with van der Waals surface area (Å²) in [5, 5.41) is 5.44. The molecule has 25 heavy (non-hydrogen) atoms. The molecule has 0 heterocycles. The number of amides is 3. The molecule has 0 aromatic heterocycles. The number of carbonyl (C=O) groups excluding carboxylic acids is 3. The zero-order valence-electron chi connectivity index (χ0n) is 15.9. The lowest BCUT2D eigenvalue weighted by atomic mass is 10.1. The number of rotatable bonds is 7. The lowest BCUT2D eigenvalue weighted by molar-refractivity contribution is -0.131. The second-order valence-corrected chi connectivity index (χ2v) is 6.56. The van der Waals surface area contributed by atoms with E-state index in [2.05, 4.69) is 10.6 Å². The molecule has 7 heteroatoms. The number of carbonyl (C=O) groups is 3. The third-order valence-corrected chi connectivity index (χ3v) is 3.70. The molecule has 1 aromatic carbocycles. The highest BCUT2D eigenvalue weighted by Crippen LogP contribution is 2.21. The highest BCUT2D eigenvalue weighted by molar-refractivity contribution is 5.94. The quantitative estimate of drug-likeness (QED) is 0.759. The van der Waals surface area contributed by atoms with Crippen LogP contribution in [0.1, 0.15) is 16.7 Å². The van der Waals surface area contributed by atoms with Crippen molar-refractivity contribution in [3.63, 3.8) is 0 Å². The van der Waals surface area contributed by atoms with Gasteiger partial charge in [0.05, 0.1) is 19.6 Å². The van der Waals surface area contributed by atoms with Gasteiger partial charge in [-0.2, -0.15) is 0 Å². The molecule has 3 amide bonds. The average Bonchev–Trinajstić information content (AvgIpc) is 2.48. The highest BCUT2D eigenvalue weighted by atomic mass is 16.2. The molecule has 0 atom stereocenters. The minimum atomic E-state index is -0.298. The monoisotopic (exact) mass is 348 g/mol. The predicted molar refractivity (Wildman–Crippen MR) is 98.5 cm³/mol. The number of nitrogens with one attached hydrogen (secondary N) is 2. The summed E-state index contributed by atoms with van der Waals surface area (Å²) >= 11 is 0. The molecule has 0 saturated carbocycles. The first-order valence-corrected chi connectivity index (χ1v) is 8.13. The maximum Gasteiger partial charge on any atom is 0.241 e. The van der Waals surface area contributed by atoms with Gasteiger partial charge in [-0.15, -0.1) is 0 Å². The van der Waals surface area contributed by atoms with Gasteiger partial charge in [-0.1, -0.05) is 17.7 Å². The van der Waals surface area contributed by atoms with Crippen LogP contribution in [0.5, 0.6) is 0 Å². The van der Waals surface area contributed by atoms with Crippen molar-refractivity contribution in [2.75, 3.05) is 46.1 Å². The molecule has 0 unspecified atom stereocenters. The van der Waals surface area contributed by atoms with Gasteiger partial charge in [0.2, 0.25) is 17.7 Å². The van der Waals surface area contributed by atoms with Crippen LogP contribution in [0.25, 0.3) is 0 Å². The summed E-state index contributed by atoms with van der Waals surface area (Å²) in [5.74, 6) is -0.665. The van der Waals surface area contributed by atoms with Crippen molar-refractivity contribution >= 4 is 23.4 Å². The Morgan fingerprint density at radius 3 is 1.96 bits per heavy atom. The number of hydrogen-bond donors (Lipinski definition) is 2. The van der Waals surface area contributed by atoms with Gasteiger partial charge in [0, 0.05) is 19.8 Å². The summed E-state index contributed by atoms with van der Waals surface area (Å²) in [6.07, 6.45) is 0. The molecule has 0 radical (unpaired) electrons. The van der Waals surface area contributed by atoms with E-state index in [0.29, 0.717) is 0 Å². The topological polar surface area (TPSA) is 81.8 Å². The second kappa shape index (κ2) is 9.17. The van der Waals surface area contributed by atoms with Gasteiger partial charge >= 0.3 is 0 Å². The fourth-order valence-electron chi connectivity index (χ4n) is 2.49. The van der Waals surface area contributed by atoms with Crippen LogP contribution in [-0.2, 0) is 14.4 Å². The Morgan fingerprint density at radius 1 is 0.920 bits per heavy atom. The van der Waals surface area contributed by atoms with E-state index < -0.39 is 0 Å². The molecule has 0 fully saturated rings. The van der Waals surface area contributed by atoms with Crippen molar-refractivity contribution in [2.45, 2.75) is 20.8 Å². The lowest BCUT2D eigenvalue weighted by Gasteiger charge is -2.18. The van der Waals surface area contributed by atoms with E-state index in [-0.39, 0.29) is 37.4 Å². The van der Waals surface area contributed by atoms with Crippen LogP contribution in [0.4, 0.5) is 5.69 Å². The molecule has 138 valence electrons. The molecule has 7 nitrogen and oxygen atoms in total. The van der Waals surface area contributed by atoms with E-state index in [1.807, 2.05) is 32.9 Å². The van der Waals surface area contributed by atoms with Crippen LogP contribution in [0.2, 0.25) is 0 Å². The third-order valence-electron chi connectivity index (χ3n) is 3.70. The minimum Gasteiger partial charge on any atom is -0.347 e. The van der Waals surface area contributed by atoms with Crippen molar-refractivity contribution in [1.29, 1.82) is 0 Å². The maximum atomic E-state index is 12.2. The molecule has 0 spiro atoms. The molecule has 0 aliphatic carbocycles. The molecule has 2 N–H and O–H groups in total. The Kier molecular flexibility index (Phi) is 7.57. The summed E-state index contributed by atoms with van der Waals surface area (Å²) in [7, 11) is 4.93. The van der Waals surface area contributed by atoms with E-state index >= 15 is 0 Å². The van der Waals surface area contributed by atoms with Crippen molar-refractivity contribution in [2.24, 2.45) is 0 Å². The lowest BCUT2D eigenvalue weighted by Crippen LogP contribution is -2.42. The van der Waals surface area contributed by atoms with Crippen LogP contribution in [-0.4, -0.2) is 68.3 Å². The fourth-order valence-corrected chi connectivity index (χ4v) is 2.49. The standard InChI is InChI=1S/C18H28N4O3/c1-12-7-13(2)18(14(3)8-12)20-16(24)11-22(6)10-15(23)19-9-17(25)21(4)5/h7-8H,9-11H2,1-6H3,(H,19,23)(H,20,24). The van der Waals surface area contributed by atoms with Crippen molar-refractivity contribution in [3.05, 3.63) is 28.8 Å². The Morgan fingerprint density at radius 2 is 1.44 bits per heavy atom. The Labute approximate surface area is 149 Å². The van der Waals surface area contributed by atoms with E-state index in [1.54, 1.807) is 26.0 Å². The molecular weight excluding hydrogens is 320 g/mol. The van der Waals surface area contributed by atoms with Crippen LogP contribution in [0, 0.1) is 20.8 Å². The molecule has 1 rings (SSSR count). The van der Waals surface area contributed by atoms with Crippen molar-refractivity contribution < 1.29 is 14.4 Å². The van der Waals surface area contributed by atoms with Gasteiger partial charge < -0.3 is 15.5 Å². The predicted octanol–water partition coefficient (Wildman–Crippen LogP) is 0.687. The van der Waals surface area contributed by atoms with Crippen LogP contribution >= 0.6 is 0 Å². The first kappa shape index (κ1) is 20.6. The van der Waals surface area contributed by atoms with Gasteiger partial charge in [-0.25, -0.2) is 0 Å². The van der Waals surface area contributed by atoms with Crippen LogP contribution in [0.3, 0.4) is 0 Å². The Balaban J connectivity index is 2.49. The molecular formula is C18H28N4O3. The molecule has 0 aliphatic heterocycles. The van der Waals surface area contributed by atoms with Gasteiger partial charge in [-0.3, -0.25) is 19.3 Å². The Bertz CT molecular complexity index is 633. The summed E-state index contributed by atoms with van der Waals surface area (Å²) in [6.45, 7) is 6.00. The minimum absolute atomic E-state index is 0.0417. The average molecular weight is 348 g/mol. The van der Waals surface area contributed by atoms with Gasteiger partial charge in [0.15, 0.2) is 0 Å². The first-order chi connectivity index (χ1) is 11.6. The zero-order valence-corrected chi connectivity index (χ0v) is 15.9. The number of aryl methyl sites for hydroxylation is 3. The van der Waals surface area contributed by atoms with E-state index in [9.17, 15) is 14.4 Å². The molecule has 0 bridgehead atoms. The summed E-state index contributed by atoms with van der Waals surface area (Å²) < 4.78 is 0. The van der Waals surface area contributed by atoms with Gasteiger partial charge in [-0.05, 0) is 38.9 Å². The van der Waals surface area contributed by atoms with Crippen molar-refractivity contribution in [3.8, 4) is 0 Å². The fraction of sp³-hybridized carbons (Fsp3) is 0.500. The summed E-state index contributed by atoms with van der Waals surface area (Å²) in [5.41, 5.74) is 3.97. The zero-order chi connectivity index (χ0) is 19.1. The van der Waals surface area contributed by atoms with E-state index in [4.69, 9.17) is 0 Å². The molecule has 0 aliphatic rings. The number of benzene rings is 1. The first-order valence-electron chi connectivity index (χ1n) is 8.13. The maximum absolute atomic E-state index is 12.2. The van der Waals surface area contributed by atoms with E-state index in [0.717, 1.165) is 22.4 Å².